The summed E-state index contributed by atoms with van der Waals surface area (Å²) < 4.78 is 36.6. The van der Waals surface area contributed by atoms with E-state index in [1.54, 1.807) is 18.2 Å². The Hall–Kier alpha value is -3.52. The number of rotatable bonds is 7. The normalized spacial score (nSPS) is 15.2. The van der Waals surface area contributed by atoms with Gasteiger partial charge in [-0.3, -0.25) is 0 Å². The molecule has 0 saturated heterocycles. The third kappa shape index (κ3) is 4.91. The van der Waals surface area contributed by atoms with Crippen molar-refractivity contribution in [2.75, 3.05) is 6.61 Å². The van der Waals surface area contributed by atoms with Crippen LogP contribution in [0.15, 0.2) is 54.7 Å². The van der Waals surface area contributed by atoms with Gasteiger partial charge in [-0.2, -0.15) is 0 Å². The molecule has 0 amide bonds. The number of fused-ring (bicyclic) bond motifs is 1. The van der Waals surface area contributed by atoms with E-state index in [-0.39, 0.29) is 24.3 Å². The third-order valence-corrected chi connectivity index (χ3v) is 6.99. The van der Waals surface area contributed by atoms with Crippen LogP contribution in [0.1, 0.15) is 48.6 Å². The summed E-state index contributed by atoms with van der Waals surface area (Å²) in [6.45, 7) is 0.226. The van der Waals surface area contributed by atoms with E-state index in [1.807, 2.05) is 16.7 Å². The van der Waals surface area contributed by atoms with E-state index in [0.717, 1.165) is 43.7 Å². The average molecular weight is 512 g/mol. The Balaban J connectivity index is 1.60. The standard InChI is InChI=1S/C27H24ClF2N3O3/c28-18-8-6-17(7-9-18)26-32-23-12-20(29)21(30)13-24(23)33(26)25(16-4-2-1-3-5-16)15-36-19-10-11-22(27(34)35)31-14-19/h6-14,16,25H,1-5,15H2,(H,34,35). The predicted octanol–water partition coefficient (Wildman–Crippen LogP) is 6.93. The van der Waals surface area contributed by atoms with Crippen molar-refractivity contribution in [3.8, 4) is 17.1 Å². The zero-order chi connectivity index (χ0) is 25.2. The molecule has 1 aliphatic carbocycles. The predicted molar refractivity (Wildman–Crippen MR) is 132 cm³/mol. The number of carboxylic acid groups (broad SMARTS) is 1. The Morgan fingerprint density at radius 2 is 1.81 bits per heavy atom. The number of halogens is 3. The number of carbonyl (C=O) groups is 1. The van der Waals surface area contributed by atoms with Gasteiger partial charge in [0, 0.05) is 22.7 Å². The summed E-state index contributed by atoms with van der Waals surface area (Å²) in [4.78, 5) is 19.8. The van der Waals surface area contributed by atoms with E-state index in [4.69, 9.17) is 26.4 Å². The van der Waals surface area contributed by atoms with Crippen LogP contribution in [0, 0.1) is 17.6 Å². The van der Waals surface area contributed by atoms with Gasteiger partial charge in [0.05, 0.1) is 23.3 Å². The van der Waals surface area contributed by atoms with Crippen molar-refractivity contribution in [3.05, 3.63) is 77.1 Å². The van der Waals surface area contributed by atoms with Crippen LogP contribution in [0.25, 0.3) is 22.4 Å². The smallest absolute Gasteiger partial charge is 0.354 e. The highest BCUT2D eigenvalue weighted by Gasteiger charge is 2.30. The quantitative estimate of drug-likeness (QED) is 0.291. The summed E-state index contributed by atoms with van der Waals surface area (Å²) in [6.07, 6.45) is 6.60. The first kappa shape index (κ1) is 24.2. The molecule has 186 valence electrons. The summed E-state index contributed by atoms with van der Waals surface area (Å²) in [5.74, 6) is -1.79. The van der Waals surface area contributed by atoms with Gasteiger partial charge in [-0.05, 0) is 55.2 Å². The van der Waals surface area contributed by atoms with Crippen molar-refractivity contribution in [1.82, 2.24) is 14.5 Å². The van der Waals surface area contributed by atoms with Gasteiger partial charge in [0.1, 0.15) is 23.9 Å². The van der Waals surface area contributed by atoms with Gasteiger partial charge in [-0.15, -0.1) is 0 Å². The number of pyridine rings is 1. The van der Waals surface area contributed by atoms with E-state index in [2.05, 4.69) is 4.98 Å². The number of ether oxygens (including phenoxy) is 1. The molecule has 4 aromatic rings. The van der Waals surface area contributed by atoms with E-state index in [1.165, 1.54) is 18.3 Å². The Kier molecular flexibility index (Phi) is 6.87. The number of aromatic nitrogens is 3. The molecule has 1 fully saturated rings. The summed E-state index contributed by atoms with van der Waals surface area (Å²) in [5.41, 5.74) is 1.53. The molecule has 1 aliphatic rings. The highest BCUT2D eigenvalue weighted by atomic mass is 35.5. The molecule has 5 rings (SSSR count). The number of carboxylic acids is 1. The summed E-state index contributed by atoms with van der Waals surface area (Å²) in [6, 6.07) is 12.2. The zero-order valence-corrected chi connectivity index (χ0v) is 20.1. The minimum absolute atomic E-state index is 0.0747. The maximum atomic E-state index is 14.4. The minimum Gasteiger partial charge on any atom is -0.490 e. The molecule has 1 unspecified atom stereocenters. The van der Waals surface area contributed by atoms with Crippen LogP contribution >= 0.6 is 11.6 Å². The highest BCUT2D eigenvalue weighted by Crippen LogP contribution is 2.39. The van der Waals surface area contributed by atoms with Gasteiger partial charge in [0.25, 0.3) is 0 Å². The van der Waals surface area contributed by atoms with Crippen molar-refractivity contribution in [2.45, 2.75) is 38.1 Å². The van der Waals surface area contributed by atoms with Gasteiger partial charge >= 0.3 is 5.97 Å². The first-order chi connectivity index (χ1) is 17.4. The number of hydrogen-bond acceptors (Lipinski definition) is 4. The van der Waals surface area contributed by atoms with E-state index in [0.29, 0.717) is 27.6 Å². The fraction of sp³-hybridized carbons (Fsp3) is 0.296. The van der Waals surface area contributed by atoms with Crippen LogP contribution in [0.5, 0.6) is 5.75 Å². The Morgan fingerprint density at radius 3 is 2.47 bits per heavy atom. The monoisotopic (exact) mass is 511 g/mol. The van der Waals surface area contributed by atoms with Crippen LogP contribution in [0.3, 0.4) is 0 Å². The van der Waals surface area contributed by atoms with E-state index < -0.39 is 17.6 Å². The van der Waals surface area contributed by atoms with Gasteiger partial charge in [0.15, 0.2) is 11.6 Å². The summed E-state index contributed by atoms with van der Waals surface area (Å²) in [5, 5.41) is 9.68. The SMILES string of the molecule is O=C(O)c1ccc(OCC(C2CCCCC2)n2c(-c3ccc(Cl)cc3)nc3cc(F)c(F)cc32)cn1. The van der Waals surface area contributed by atoms with Crippen molar-refractivity contribution in [2.24, 2.45) is 5.92 Å². The maximum absolute atomic E-state index is 14.4. The molecule has 2 aromatic heterocycles. The second-order valence-corrected chi connectivity index (χ2v) is 9.46. The number of nitrogens with zero attached hydrogens (tertiary/aromatic N) is 3. The molecule has 1 atom stereocenters. The second-order valence-electron chi connectivity index (χ2n) is 9.03. The van der Waals surface area contributed by atoms with Gasteiger partial charge in [0.2, 0.25) is 0 Å². The van der Waals surface area contributed by atoms with Crippen LogP contribution < -0.4 is 4.74 Å². The van der Waals surface area contributed by atoms with Gasteiger partial charge in [-0.25, -0.2) is 23.5 Å². The van der Waals surface area contributed by atoms with Crippen LogP contribution in [-0.4, -0.2) is 32.2 Å². The van der Waals surface area contributed by atoms with Crippen molar-refractivity contribution >= 4 is 28.6 Å². The Labute approximate surface area is 211 Å². The number of aromatic carboxylic acids is 1. The molecule has 1 saturated carbocycles. The summed E-state index contributed by atoms with van der Waals surface area (Å²) in [7, 11) is 0. The van der Waals surface area contributed by atoms with E-state index >= 15 is 0 Å². The molecule has 2 aromatic carbocycles. The van der Waals surface area contributed by atoms with Crippen LogP contribution in [-0.2, 0) is 0 Å². The molecule has 0 spiro atoms. The van der Waals surface area contributed by atoms with Gasteiger partial charge in [-0.1, -0.05) is 30.9 Å². The number of hydrogen-bond donors (Lipinski definition) is 1. The topological polar surface area (TPSA) is 77.2 Å². The van der Waals surface area contributed by atoms with Crippen molar-refractivity contribution < 1.29 is 23.4 Å². The first-order valence-corrected chi connectivity index (χ1v) is 12.2. The van der Waals surface area contributed by atoms with Crippen LogP contribution in [0.4, 0.5) is 8.78 Å². The lowest BCUT2D eigenvalue weighted by atomic mass is 9.83. The van der Waals surface area contributed by atoms with Gasteiger partial charge < -0.3 is 14.4 Å². The largest absolute Gasteiger partial charge is 0.490 e. The number of benzene rings is 2. The lowest BCUT2D eigenvalue weighted by Crippen LogP contribution is -2.28. The van der Waals surface area contributed by atoms with Crippen molar-refractivity contribution in [1.29, 1.82) is 0 Å². The molecule has 36 heavy (non-hydrogen) atoms. The zero-order valence-electron chi connectivity index (χ0n) is 19.3. The Bertz CT molecular complexity index is 1380. The molecule has 0 aliphatic heterocycles. The molecule has 0 radical (unpaired) electrons. The fourth-order valence-corrected chi connectivity index (χ4v) is 5.07. The minimum atomic E-state index is -1.12. The molecule has 6 nitrogen and oxygen atoms in total. The molecular weight excluding hydrogens is 488 g/mol. The lowest BCUT2D eigenvalue weighted by molar-refractivity contribution is 0.0690. The lowest BCUT2D eigenvalue weighted by Gasteiger charge is -2.32. The van der Waals surface area contributed by atoms with E-state index in [9.17, 15) is 13.6 Å². The second kappa shape index (κ2) is 10.2. The van der Waals surface area contributed by atoms with Crippen molar-refractivity contribution in [3.63, 3.8) is 0 Å². The molecule has 1 N–H and O–H groups in total. The first-order valence-electron chi connectivity index (χ1n) is 11.9. The average Bonchev–Trinajstić information content (AvgIpc) is 3.23. The highest BCUT2D eigenvalue weighted by molar-refractivity contribution is 6.30. The molecule has 9 heteroatoms. The third-order valence-electron chi connectivity index (χ3n) is 6.74. The number of imidazole rings is 1. The Morgan fingerprint density at radius 1 is 1.08 bits per heavy atom. The molecule has 2 heterocycles. The fourth-order valence-electron chi connectivity index (χ4n) is 4.94. The molecular formula is C27H24ClF2N3O3. The van der Waals surface area contributed by atoms with Crippen LogP contribution in [0.2, 0.25) is 5.02 Å². The maximum Gasteiger partial charge on any atom is 0.354 e. The molecule has 0 bridgehead atoms. The summed E-state index contributed by atoms with van der Waals surface area (Å²) >= 11 is 6.10.